The Morgan fingerprint density at radius 1 is 1.22 bits per heavy atom. The Balaban J connectivity index is 2.93. The van der Waals surface area contributed by atoms with Gasteiger partial charge in [-0.1, -0.05) is 0 Å². The van der Waals surface area contributed by atoms with E-state index in [4.69, 9.17) is 14.9 Å². The molecule has 0 aliphatic carbocycles. The molecule has 18 heavy (non-hydrogen) atoms. The van der Waals surface area contributed by atoms with E-state index in [2.05, 4.69) is 9.26 Å². The van der Waals surface area contributed by atoms with Gasteiger partial charge in [0.1, 0.15) is 30.5 Å². The summed E-state index contributed by atoms with van der Waals surface area (Å²) in [5.74, 6) is 0. The average molecular weight is 290 g/mol. The van der Waals surface area contributed by atoms with Gasteiger partial charge in [0.15, 0.2) is 6.29 Å². The molecule has 11 heteroatoms. The summed E-state index contributed by atoms with van der Waals surface area (Å²) < 4.78 is 19.5. The molecule has 0 saturated carbocycles. The van der Waals surface area contributed by atoms with E-state index < -0.39 is 51.2 Å². The molecular weight excluding hydrogens is 275 g/mol. The van der Waals surface area contributed by atoms with E-state index in [0.717, 1.165) is 0 Å². The first-order valence-corrected chi connectivity index (χ1v) is 6.43. The molecule has 0 radical (unpaired) electrons. The van der Waals surface area contributed by atoms with Crippen molar-refractivity contribution in [2.75, 3.05) is 6.61 Å². The Kier molecular flexibility index (Phi) is 5.21. The molecule has 1 fully saturated rings. The maximum atomic E-state index is 10.7. The topological polar surface area (TPSA) is 177 Å². The first-order chi connectivity index (χ1) is 8.17. The van der Waals surface area contributed by atoms with Crippen LogP contribution in [-0.2, 0) is 13.8 Å². The molecule has 0 bridgehead atoms. The number of hydrogen-bond acceptors (Lipinski definition) is 8. The van der Waals surface area contributed by atoms with Crippen molar-refractivity contribution < 1.29 is 49.1 Å². The standard InChI is InChI=1S/C7H15O10P/c8-1-2(9)5-6(17-18(13,14)15)3(10)4(11)7(12)16-5/h2-12H,1H2,(H2,13,14,15)/t2-,3-,4+,5-,6+,7-/m1/s1. The van der Waals surface area contributed by atoms with Gasteiger partial charge < -0.3 is 40.1 Å². The molecule has 1 aliphatic rings. The number of rotatable bonds is 4. The quantitative estimate of drug-likeness (QED) is 0.254. The second-order valence-electron chi connectivity index (χ2n) is 3.78. The maximum Gasteiger partial charge on any atom is 0.470 e. The molecule has 10 nitrogen and oxygen atoms in total. The highest BCUT2D eigenvalue weighted by molar-refractivity contribution is 7.46. The van der Waals surface area contributed by atoms with Gasteiger partial charge in [-0.15, -0.1) is 0 Å². The summed E-state index contributed by atoms with van der Waals surface area (Å²) in [7, 11) is -5.03. The fraction of sp³-hybridized carbons (Fsp3) is 1.00. The lowest BCUT2D eigenvalue weighted by Crippen LogP contribution is -2.61. The van der Waals surface area contributed by atoms with Crippen molar-refractivity contribution in [2.45, 2.75) is 36.8 Å². The van der Waals surface area contributed by atoms with Crippen LogP contribution in [0.5, 0.6) is 0 Å². The molecule has 0 amide bonds. The summed E-state index contributed by atoms with van der Waals surface area (Å²) in [4.78, 5) is 17.3. The van der Waals surface area contributed by atoms with Crippen molar-refractivity contribution in [3.63, 3.8) is 0 Å². The van der Waals surface area contributed by atoms with Crippen LogP contribution in [0.15, 0.2) is 0 Å². The lowest BCUT2D eigenvalue weighted by atomic mass is 9.96. The van der Waals surface area contributed by atoms with Crippen LogP contribution in [0, 0.1) is 0 Å². The highest BCUT2D eigenvalue weighted by atomic mass is 31.2. The SMILES string of the molecule is O=P(O)(O)O[C@H]1[C@H](O)[C@H](O)[C@H](O)O[C@@H]1[C@H](O)CO. The van der Waals surface area contributed by atoms with E-state index >= 15 is 0 Å². The number of aliphatic hydroxyl groups excluding tert-OH is 5. The third kappa shape index (κ3) is 3.68. The lowest BCUT2D eigenvalue weighted by Gasteiger charge is -2.41. The van der Waals surface area contributed by atoms with Crippen LogP contribution in [0.4, 0.5) is 0 Å². The molecule has 1 saturated heterocycles. The summed E-state index contributed by atoms with van der Waals surface area (Å²) in [6.07, 6.45) is -10.8. The first-order valence-electron chi connectivity index (χ1n) is 4.90. The van der Waals surface area contributed by atoms with Crippen molar-refractivity contribution in [1.29, 1.82) is 0 Å². The molecule has 1 rings (SSSR count). The van der Waals surface area contributed by atoms with Gasteiger partial charge in [-0.3, -0.25) is 4.52 Å². The van der Waals surface area contributed by atoms with Crippen LogP contribution in [0.1, 0.15) is 0 Å². The highest BCUT2D eigenvalue weighted by Crippen LogP contribution is 2.41. The smallest absolute Gasteiger partial charge is 0.394 e. The number of hydrogen-bond donors (Lipinski definition) is 7. The lowest BCUT2D eigenvalue weighted by molar-refractivity contribution is -0.295. The van der Waals surface area contributed by atoms with Gasteiger partial charge in [-0.2, -0.15) is 0 Å². The third-order valence-electron chi connectivity index (χ3n) is 2.42. The summed E-state index contributed by atoms with van der Waals surface area (Å²) in [5.41, 5.74) is 0. The molecule has 0 spiro atoms. The predicted octanol–water partition coefficient (Wildman–Crippen LogP) is -3.74. The van der Waals surface area contributed by atoms with Crippen molar-refractivity contribution in [1.82, 2.24) is 0 Å². The van der Waals surface area contributed by atoms with E-state index in [-0.39, 0.29) is 0 Å². The predicted molar refractivity (Wildman–Crippen MR) is 52.9 cm³/mol. The van der Waals surface area contributed by atoms with Gasteiger partial charge in [-0.25, -0.2) is 4.57 Å². The average Bonchev–Trinajstić information content (AvgIpc) is 2.27. The summed E-state index contributed by atoms with van der Waals surface area (Å²) >= 11 is 0. The monoisotopic (exact) mass is 290 g/mol. The Morgan fingerprint density at radius 2 is 1.78 bits per heavy atom. The molecule has 0 aromatic rings. The number of phosphoric acid groups is 1. The summed E-state index contributed by atoms with van der Waals surface area (Å²) in [6.45, 7) is -0.860. The van der Waals surface area contributed by atoms with Crippen LogP contribution in [0.25, 0.3) is 0 Å². The molecule has 0 aromatic heterocycles. The van der Waals surface area contributed by atoms with Gasteiger partial charge >= 0.3 is 7.82 Å². The zero-order valence-electron chi connectivity index (χ0n) is 8.97. The normalized spacial score (nSPS) is 39.6. The second-order valence-corrected chi connectivity index (χ2v) is 4.97. The highest BCUT2D eigenvalue weighted by Gasteiger charge is 2.49. The van der Waals surface area contributed by atoms with Crippen LogP contribution in [0.3, 0.4) is 0 Å². The van der Waals surface area contributed by atoms with Gasteiger partial charge in [0.05, 0.1) is 6.61 Å². The summed E-state index contributed by atoms with van der Waals surface area (Å²) in [5, 5.41) is 46.1. The zero-order valence-corrected chi connectivity index (χ0v) is 9.87. The molecule has 0 unspecified atom stereocenters. The van der Waals surface area contributed by atoms with Crippen LogP contribution < -0.4 is 0 Å². The van der Waals surface area contributed by atoms with E-state index in [1.807, 2.05) is 0 Å². The fourth-order valence-electron chi connectivity index (χ4n) is 1.57. The van der Waals surface area contributed by atoms with Crippen LogP contribution >= 0.6 is 7.82 Å². The molecule has 6 atom stereocenters. The van der Waals surface area contributed by atoms with Gasteiger partial charge in [0.2, 0.25) is 0 Å². The molecular formula is C7H15O10P. The Labute approximate surface area is 101 Å². The molecule has 108 valence electrons. The second kappa shape index (κ2) is 5.88. The van der Waals surface area contributed by atoms with Crippen molar-refractivity contribution >= 4 is 7.82 Å². The minimum Gasteiger partial charge on any atom is -0.394 e. The van der Waals surface area contributed by atoms with Crippen LogP contribution in [-0.4, -0.2) is 78.7 Å². The Hall–Kier alpha value is -0.130. The Morgan fingerprint density at radius 3 is 2.22 bits per heavy atom. The van der Waals surface area contributed by atoms with Gasteiger partial charge in [0.25, 0.3) is 0 Å². The van der Waals surface area contributed by atoms with Crippen molar-refractivity contribution in [3.8, 4) is 0 Å². The minimum absolute atomic E-state index is 0.860. The number of aliphatic hydroxyl groups is 5. The fourth-order valence-corrected chi connectivity index (χ4v) is 2.13. The zero-order chi connectivity index (χ0) is 14.1. The van der Waals surface area contributed by atoms with E-state index in [1.165, 1.54) is 0 Å². The molecule has 1 aliphatic heterocycles. The van der Waals surface area contributed by atoms with Crippen molar-refractivity contribution in [3.05, 3.63) is 0 Å². The minimum atomic E-state index is -5.03. The van der Waals surface area contributed by atoms with Gasteiger partial charge in [-0.05, 0) is 0 Å². The largest absolute Gasteiger partial charge is 0.470 e. The summed E-state index contributed by atoms with van der Waals surface area (Å²) in [6, 6.07) is 0. The van der Waals surface area contributed by atoms with E-state index in [1.54, 1.807) is 0 Å². The number of ether oxygens (including phenoxy) is 1. The van der Waals surface area contributed by atoms with E-state index in [0.29, 0.717) is 0 Å². The molecule has 1 heterocycles. The molecule has 0 aromatic carbocycles. The third-order valence-corrected chi connectivity index (χ3v) is 2.94. The Bertz CT molecular complexity index is 317. The molecule has 7 N–H and O–H groups in total. The van der Waals surface area contributed by atoms with Crippen molar-refractivity contribution in [2.24, 2.45) is 0 Å². The van der Waals surface area contributed by atoms with E-state index in [9.17, 15) is 25.0 Å². The van der Waals surface area contributed by atoms with Crippen LogP contribution in [0.2, 0.25) is 0 Å². The maximum absolute atomic E-state index is 10.7. The first kappa shape index (κ1) is 15.9. The van der Waals surface area contributed by atoms with Gasteiger partial charge in [0, 0.05) is 0 Å². The number of phosphoric ester groups is 1.